The van der Waals surface area contributed by atoms with Crippen LogP contribution in [-0.2, 0) is 4.79 Å². The van der Waals surface area contributed by atoms with Crippen molar-refractivity contribution in [2.45, 2.75) is 13.8 Å². The highest BCUT2D eigenvalue weighted by atomic mass is 35.5. The van der Waals surface area contributed by atoms with Gasteiger partial charge in [0.2, 0.25) is 5.91 Å². The average Bonchev–Trinajstić information content (AvgIpc) is 3.06. The summed E-state index contributed by atoms with van der Waals surface area (Å²) in [6, 6.07) is 5.80. The van der Waals surface area contributed by atoms with Crippen molar-refractivity contribution in [3.63, 3.8) is 0 Å². The lowest BCUT2D eigenvalue weighted by molar-refractivity contribution is -0.114. The molecule has 2 heterocycles. The SMILES string of the molecule is CCNC(=O)Nc1cc(Cl)c(C(=O)n2ccc3c(NC(C)=O)nccc32)c(Cl)c1. The fourth-order valence-corrected chi connectivity index (χ4v) is 3.46. The van der Waals surface area contributed by atoms with Gasteiger partial charge in [0.15, 0.2) is 0 Å². The molecule has 2 aromatic heterocycles. The Morgan fingerprint density at radius 1 is 1.10 bits per heavy atom. The topological polar surface area (TPSA) is 105 Å². The van der Waals surface area contributed by atoms with Crippen molar-refractivity contribution < 1.29 is 14.4 Å². The van der Waals surface area contributed by atoms with Gasteiger partial charge in [-0.2, -0.15) is 0 Å². The molecule has 0 aliphatic rings. The highest BCUT2D eigenvalue weighted by molar-refractivity contribution is 6.40. The van der Waals surface area contributed by atoms with Crippen LogP contribution in [0.3, 0.4) is 0 Å². The van der Waals surface area contributed by atoms with Gasteiger partial charge in [0.25, 0.3) is 5.91 Å². The van der Waals surface area contributed by atoms with Crippen LogP contribution in [0.4, 0.5) is 16.3 Å². The molecule has 150 valence electrons. The molecule has 3 aromatic rings. The van der Waals surface area contributed by atoms with E-state index in [-0.39, 0.29) is 21.5 Å². The summed E-state index contributed by atoms with van der Waals surface area (Å²) in [5.41, 5.74) is 0.979. The molecule has 0 saturated heterocycles. The number of benzene rings is 1. The number of hydrogen-bond acceptors (Lipinski definition) is 4. The van der Waals surface area contributed by atoms with Crippen molar-refractivity contribution >= 4 is 63.5 Å². The highest BCUT2D eigenvalue weighted by Crippen LogP contribution is 2.31. The van der Waals surface area contributed by atoms with E-state index < -0.39 is 11.9 Å². The van der Waals surface area contributed by atoms with Gasteiger partial charge in [-0.05, 0) is 31.2 Å². The number of nitrogens with zero attached hydrogens (tertiary/aromatic N) is 2. The maximum absolute atomic E-state index is 13.1. The van der Waals surface area contributed by atoms with E-state index in [9.17, 15) is 14.4 Å². The minimum absolute atomic E-state index is 0.0881. The fraction of sp³-hybridized carbons (Fsp3) is 0.158. The Labute approximate surface area is 176 Å². The van der Waals surface area contributed by atoms with Crippen LogP contribution in [0.2, 0.25) is 10.0 Å². The number of carbonyl (C=O) groups excluding carboxylic acids is 3. The standard InChI is InChI=1S/C19H17Cl2N5O3/c1-3-22-19(29)25-11-8-13(20)16(14(21)9-11)18(28)26-7-5-12-15(26)4-6-23-17(12)24-10(2)27/h4-9H,3H2,1-2H3,(H2,22,25,29)(H,23,24,27). The van der Waals surface area contributed by atoms with Crippen molar-refractivity contribution in [1.29, 1.82) is 0 Å². The summed E-state index contributed by atoms with van der Waals surface area (Å²) in [7, 11) is 0. The number of halogens is 2. The molecule has 0 bridgehead atoms. The predicted molar refractivity (Wildman–Crippen MR) is 113 cm³/mol. The normalized spacial score (nSPS) is 10.6. The minimum Gasteiger partial charge on any atom is -0.338 e. The van der Waals surface area contributed by atoms with Crippen LogP contribution in [-0.4, -0.2) is 33.9 Å². The van der Waals surface area contributed by atoms with Gasteiger partial charge in [-0.15, -0.1) is 0 Å². The molecule has 8 nitrogen and oxygen atoms in total. The molecule has 10 heteroatoms. The van der Waals surface area contributed by atoms with Crippen molar-refractivity contribution in [1.82, 2.24) is 14.9 Å². The molecule has 3 rings (SSSR count). The Balaban J connectivity index is 1.99. The van der Waals surface area contributed by atoms with Crippen LogP contribution in [0.5, 0.6) is 0 Å². The van der Waals surface area contributed by atoms with Crippen LogP contribution in [0, 0.1) is 0 Å². The van der Waals surface area contributed by atoms with E-state index in [0.717, 1.165) is 0 Å². The largest absolute Gasteiger partial charge is 0.338 e. The number of fused-ring (bicyclic) bond motifs is 1. The first kappa shape index (κ1) is 20.6. The van der Waals surface area contributed by atoms with Crippen molar-refractivity contribution in [2.75, 3.05) is 17.2 Å². The molecule has 0 saturated carbocycles. The maximum Gasteiger partial charge on any atom is 0.319 e. The number of aromatic nitrogens is 2. The number of nitrogens with one attached hydrogen (secondary N) is 3. The van der Waals surface area contributed by atoms with Crippen LogP contribution < -0.4 is 16.0 Å². The number of carbonyl (C=O) groups is 3. The monoisotopic (exact) mass is 433 g/mol. The number of rotatable bonds is 4. The van der Waals surface area contributed by atoms with Gasteiger partial charge in [-0.1, -0.05) is 23.2 Å². The number of hydrogen-bond donors (Lipinski definition) is 3. The predicted octanol–water partition coefficient (Wildman–Crippen LogP) is 4.13. The number of pyridine rings is 1. The van der Waals surface area contributed by atoms with E-state index in [2.05, 4.69) is 20.9 Å². The van der Waals surface area contributed by atoms with E-state index in [4.69, 9.17) is 23.2 Å². The smallest absolute Gasteiger partial charge is 0.319 e. The van der Waals surface area contributed by atoms with E-state index in [1.807, 2.05) is 0 Å². The van der Waals surface area contributed by atoms with Gasteiger partial charge in [0.05, 0.1) is 21.1 Å². The highest BCUT2D eigenvalue weighted by Gasteiger charge is 2.21. The molecule has 0 unspecified atom stereocenters. The lowest BCUT2D eigenvalue weighted by atomic mass is 10.2. The first-order valence-electron chi connectivity index (χ1n) is 8.64. The Hall–Kier alpha value is -3.10. The zero-order valence-electron chi connectivity index (χ0n) is 15.5. The maximum atomic E-state index is 13.1. The van der Waals surface area contributed by atoms with Crippen LogP contribution >= 0.6 is 23.2 Å². The second kappa shape index (κ2) is 8.50. The summed E-state index contributed by atoms with van der Waals surface area (Å²) in [5.74, 6) is -0.384. The Morgan fingerprint density at radius 3 is 2.41 bits per heavy atom. The third-order valence-electron chi connectivity index (χ3n) is 3.98. The van der Waals surface area contributed by atoms with Crippen LogP contribution in [0.15, 0.2) is 36.7 Å². The molecule has 3 amide bonds. The first-order chi connectivity index (χ1) is 13.8. The quantitative estimate of drug-likeness (QED) is 0.574. The molecular weight excluding hydrogens is 417 g/mol. The first-order valence-corrected chi connectivity index (χ1v) is 9.39. The van der Waals surface area contributed by atoms with Crippen molar-refractivity contribution in [3.05, 3.63) is 52.3 Å². The van der Waals surface area contributed by atoms with Gasteiger partial charge < -0.3 is 16.0 Å². The summed E-state index contributed by atoms with van der Waals surface area (Å²) in [5, 5.41) is 8.58. The summed E-state index contributed by atoms with van der Waals surface area (Å²) >= 11 is 12.6. The molecule has 0 radical (unpaired) electrons. The third kappa shape index (κ3) is 4.33. The second-order valence-electron chi connectivity index (χ2n) is 6.06. The van der Waals surface area contributed by atoms with Gasteiger partial charge in [-0.25, -0.2) is 9.78 Å². The molecule has 0 spiro atoms. The molecule has 0 aliphatic heterocycles. The molecule has 0 fully saturated rings. The Bertz CT molecular complexity index is 1100. The minimum atomic E-state index is -0.459. The number of amides is 3. The van der Waals surface area contributed by atoms with Crippen molar-refractivity contribution in [3.8, 4) is 0 Å². The second-order valence-corrected chi connectivity index (χ2v) is 6.88. The molecule has 29 heavy (non-hydrogen) atoms. The van der Waals surface area contributed by atoms with Crippen LogP contribution in [0.25, 0.3) is 10.9 Å². The van der Waals surface area contributed by atoms with Crippen LogP contribution in [0.1, 0.15) is 24.2 Å². The summed E-state index contributed by atoms with van der Waals surface area (Å²) in [4.78, 5) is 40.3. The Kier molecular flexibility index (Phi) is 6.05. The van der Waals surface area contributed by atoms with E-state index in [1.54, 1.807) is 25.3 Å². The van der Waals surface area contributed by atoms with Crippen molar-refractivity contribution in [2.24, 2.45) is 0 Å². The molecule has 1 aromatic carbocycles. The lowest BCUT2D eigenvalue weighted by Crippen LogP contribution is -2.28. The molecular formula is C19H17Cl2N5O3. The average molecular weight is 434 g/mol. The van der Waals surface area contributed by atoms with Gasteiger partial charge in [0, 0.05) is 36.9 Å². The summed E-state index contributed by atoms with van der Waals surface area (Å²) in [6.45, 7) is 3.62. The van der Waals surface area contributed by atoms with Gasteiger partial charge in [0.1, 0.15) is 5.82 Å². The molecule has 0 atom stereocenters. The van der Waals surface area contributed by atoms with Gasteiger partial charge in [-0.3, -0.25) is 14.2 Å². The molecule has 3 N–H and O–H groups in total. The summed E-state index contributed by atoms with van der Waals surface area (Å²) in [6.07, 6.45) is 3.04. The molecule has 0 aliphatic carbocycles. The zero-order chi connectivity index (χ0) is 21.1. The van der Waals surface area contributed by atoms with E-state index >= 15 is 0 Å². The van der Waals surface area contributed by atoms with Gasteiger partial charge >= 0.3 is 6.03 Å². The summed E-state index contributed by atoms with van der Waals surface area (Å²) < 4.78 is 1.37. The number of anilines is 2. The lowest BCUT2D eigenvalue weighted by Gasteiger charge is -2.12. The Morgan fingerprint density at radius 2 is 1.79 bits per heavy atom. The third-order valence-corrected chi connectivity index (χ3v) is 4.58. The van der Waals surface area contributed by atoms with E-state index in [1.165, 1.54) is 29.8 Å². The zero-order valence-corrected chi connectivity index (χ0v) is 17.1. The van der Waals surface area contributed by atoms with E-state index in [0.29, 0.717) is 29.0 Å². The fourth-order valence-electron chi connectivity index (χ4n) is 2.82. The number of urea groups is 1.